The summed E-state index contributed by atoms with van der Waals surface area (Å²) in [6.07, 6.45) is 1.51. The number of pyridine rings is 1. The zero-order valence-corrected chi connectivity index (χ0v) is 8.21. The maximum Gasteiger partial charge on any atom is 0.217 e. The number of aromatic nitrogens is 1. The Morgan fingerprint density at radius 3 is 2.62 bits per heavy atom. The van der Waals surface area contributed by atoms with Crippen molar-refractivity contribution in [3.05, 3.63) is 29.3 Å². The summed E-state index contributed by atoms with van der Waals surface area (Å²) < 4.78 is 13.2. The van der Waals surface area contributed by atoms with Gasteiger partial charge in [-0.1, -0.05) is 13.8 Å². The van der Waals surface area contributed by atoms with Gasteiger partial charge in [-0.2, -0.15) is 4.39 Å². The summed E-state index contributed by atoms with van der Waals surface area (Å²) in [4.78, 5) is 3.64. The van der Waals surface area contributed by atoms with Crippen LogP contribution >= 0.6 is 0 Å². The summed E-state index contributed by atoms with van der Waals surface area (Å²) in [7, 11) is 0. The van der Waals surface area contributed by atoms with Crippen LogP contribution in [0.2, 0.25) is 0 Å². The molecule has 13 heavy (non-hydrogen) atoms. The Hall–Kier alpha value is -0.960. The molecule has 0 saturated heterocycles. The number of halogens is 1. The molecule has 0 aliphatic rings. The van der Waals surface area contributed by atoms with E-state index in [1.807, 2.05) is 20.8 Å². The minimum absolute atomic E-state index is 0.220. The monoisotopic (exact) mass is 182 g/mol. The fraction of sp³-hybridized carbons (Fsp3) is 0.500. The number of rotatable bonds is 2. The van der Waals surface area contributed by atoms with Gasteiger partial charge in [-0.25, -0.2) is 4.98 Å². The van der Waals surface area contributed by atoms with Crippen LogP contribution in [0.3, 0.4) is 0 Å². The minimum atomic E-state index is -0.452. The Balaban J connectivity index is 3.05. The second-order valence-electron chi connectivity index (χ2n) is 3.66. The molecule has 2 nitrogen and oxygen atoms in total. The maximum absolute atomic E-state index is 13.2. The zero-order valence-electron chi connectivity index (χ0n) is 8.21. The van der Waals surface area contributed by atoms with E-state index in [-0.39, 0.29) is 12.0 Å². The highest BCUT2D eigenvalue weighted by molar-refractivity contribution is 5.21. The number of aryl methyl sites for hydroxylation is 1. The van der Waals surface area contributed by atoms with Gasteiger partial charge in [0.2, 0.25) is 5.95 Å². The molecular formula is C10H15FN2. The van der Waals surface area contributed by atoms with Gasteiger partial charge in [0.25, 0.3) is 0 Å². The molecular weight excluding hydrogens is 167 g/mol. The number of hydrogen-bond donors (Lipinski definition) is 1. The molecule has 0 unspecified atom stereocenters. The molecule has 72 valence electrons. The normalized spacial score (nSPS) is 13.4. The van der Waals surface area contributed by atoms with E-state index in [9.17, 15) is 4.39 Å². The van der Waals surface area contributed by atoms with Crippen LogP contribution in [0.15, 0.2) is 12.3 Å². The highest BCUT2D eigenvalue weighted by Crippen LogP contribution is 2.21. The van der Waals surface area contributed by atoms with E-state index in [4.69, 9.17) is 5.73 Å². The summed E-state index contributed by atoms with van der Waals surface area (Å²) in [6, 6.07) is 1.49. The van der Waals surface area contributed by atoms with Crippen LogP contribution in [-0.2, 0) is 0 Å². The van der Waals surface area contributed by atoms with Crippen LogP contribution in [0.5, 0.6) is 0 Å². The quantitative estimate of drug-likeness (QED) is 0.712. The van der Waals surface area contributed by atoms with Crippen molar-refractivity contribution in [1.82, 2.24) is 4.98 Å². The Morgan fingerprint density at radius 2 is 2.08 bits per heavy atom. The Morgan fingerprint density at radius 1 is 1.46 bits per heavy atom. The van der Waals surface area contributed by atoms with E-state index in [2.05, 4.69) is 4.98 Å². The molecule has 1 aromatic heterocycles. The molecule has 0 bridgehead atoms. The zero-order chi connectivity index (χ0) is 10.0. The Kier molecular flexibility index (Phi) is 2.98. The molecule has 0 radical (unpaired) electrons. The standard InChI is InChI=1S/C10H15FN2/c1-6(2)9(12)8-4-7(3)5-13-10(8)11/h4-6,9H,12H2,1-3H3/t9-/m1/s1. The molecule has 0 amide bonds. The highest BCUT2D eigenvalue weighted by atomic mass is 19.1. The van der Waals surface area contributed by atoms with Crippen molar-refractivity contribution in [3.8, 4) is 0 Å². The summed E-state index contributed by atoms with van der Waals surface area (Å²) in [5, 5.41) is 0. The van der Waals surface area contributed by atoms with Crippen LogP contribution in [-0.4, -0.2) is 4.98 Å². The van der Waals surface area contributed by atoms with Crippen molar-refractivity contribution < 1.29 is 4.39 Å². The summed E-state index contributed by atoms with van der Waals surface area (Å²) in [6.45, 7) is 5.81. The van der Waals surface area contributed by atoms with Crippen LogP contribution in [0.4, 0.5) is 4.39 Å². The predicted molar refractivity (Wildman–Crippen MR) is 50.7 cm³/mol. The van der Waals surface area contributed by atoms with Crippen LogP contribution < -0.4 is 5.73 Å². The molecule has 0 aromatic carbocycles. The van der Waals surface area contributed by atoms with E-state index in [0.717, 1.165) is 5.56 Å². The minimum Gasteiger partial charge on any atom is -0.324 e. The van der Waals surface area contributed by atoms with Crippen molar-refractivity contribution >= 4 is 0 Å². The smallest absolute Gasteiger partial charge is 0.217 e. The van der Waals surface area contributed by atoms with Gasteiger partial charge < -0.3 is 5.73 Å². The third-order valence-electron chi connectivity index (χ3n) is 2.08. The van der Waals surface area contributed by atoms with E-state index in [1.165, 1.54) is 6.20 Å². The van der Waals surface area contributed by atoms with Gasteiger partial charge in [-0.05, 0) is 24.5 Å². The van der Waals surface area contributed by atoms with Crippen molar-refractivity contribution in [2.45, 2.75) is 26.8 Å². The molecule has 1 aromatic rings. The summed E-state index contributed by atoms with van der Waals surface area (Å²) in [5.74, 6) is -0.232. The van der Waals surface area contributed by atoms with Gasteiger partial charge in [-0.15, -0.1) is 0 Å². The Labute approximate surface area is 78.0 Å². The first kappa shape index (κ1) is 10.1. The molecule has 1 atom stereocenters. The topological polar surface area (TPSA) is 38.9 Å². The molecule has 0 fully saturated rings. The number of nitrogens with zero attached hydrogens (tertiary/aromatic N) is 1. The summed E-state index contributed by atoms with van der Waals surface area (Å²) in [5.41, 5.74) is 7.27. The molecule has 0 saturated carbocycles. The van der Waals surface area contributed by atoms with E-state index in [1.54, 1.807) is 6.07 Å². The van der Waals surface area contributed by atoms with Crippen molar-refractivity contribution in [3.63, 3.8) is 0 Å². The third kappa shape index (κ3) is 2.25. The van der Waals surface area contributed by atoms with Gasteiger partial charge in [-0.3, -0.25) is 0 Å². The number of hydrogen-bond acceptors (Lipinski definition) is 2. The highest BCUT2D eigenvalue weighted by Gasteiger charge is 2.15. The Bertz CT molecular complexity index is 297. The van der Waals surface area contributed by atoms with Crippen molar-refractivity contribution in [2.24, 2.45) is 11.7 Å². The average molecular weight is 182 g/mol. The molecule has 1 rings (SSSR count). The van der Waals surface area contributed by atoms with Crippen molar-refractivity contribution in [1.29, 1.82) is 0 Å². The lowest BCUT2D eigenvalue weighted by atomic mass is 9.97. The molecule has 0 spiro atoms. The summed E-state index contributed by atoms with van der Waals surface area (Å²) >= 11 is 0. The molecule has 3 heteroatoms. The van der Waals surface area contributed by atoms with Gasteiger partial charge in [0.1, 0.15) is 0 Å². The van der Waals surface area contributed by atoms with Crippen molar-refractivity contribution in [2.75, 3.05) is 0 Å². The van der Waals surface area contributed by atoms with E-state index in [0.29, 0.717) is 5.56 Å². The molecule has 2 N–H and O–H groups in total. The fourth-order valence-electron chi connectivity index (χ4n) is 1.17. The average Bonchev–Trinajstić information content (AvgIpc) is 2.08. The lowest BCUT2D eigenvalue weighted by Crippen LogP contribution is -2.18. The first-order valence-electron chi connectivity index (χ1n) is 4.40. The molecule has 0 aliphatic carbocycles. The molecule has 1 heterocycles. The first-order valence-corrected chi connectivity index (χ1v) is 4.40. The van der Waals surface area contributed by atoms with Crippen LogP contribution in [0, 0.1) is 18.8 Å². The van der Waals surface area contributed by atoms with Gasteiger partial charge in [0, 0.05) is 17.8 Å². The molecule has 0 aliphatic heterocycles. The van der Waals surface area contributed by atoms with Gasteiger partial charge >= 0.3 is 0 Å². The largest absolute Gasteiger partial charge is 0.324 e. The third-order valence-corrected chi connectivity index (χ3v) is 2.08. The van der Waals surface area contributed by atoms with Crippen LogP contribution in [0.25, 0.3) is 0 Å². The number of nitrogens with two attached hydrogens (primary N) is 1. The fourth-order valence-corrected chi connectivity index (χ4v) is 1.17. The maximum atomic E-state index is 13.2. The second kappa shape index (κ2) is 3.83. The second-order valence-corrected chi connectivity index (χ2v) is 3.66. The predicted octanol–water partition coefficient (Wildman–Crippen LogP) is 2.18. The lowest BCUT2D eigenvalue weighted by Gasteiger charge is -2.16. The van der Waals surface area contributed by atoms with E-state index < -0.39 is 5.95 Å². The first-order chi connectivity index (χ1) is 6.02. The lowest BCUT2D eigenvalue weighted by molar-refractivity contribution is 0.471. The van der Waals surface area contributed by atoms with Gasteiger partial charge in [0.05, 0.1) is 0 Å². The van der Waals surface area contributed by atoms with E-state index >= 15 is 0 Å². The SMILES string of the molecule is Cc1cnc(F)c([C@H](N)C(C)C)c1. The van der Waals surface area contributed by atoms with Crippen LogP contribution in [0.1, 0.15) is 31.0 Å². The van der Waals surface area contributed by atoms with Gasteiger partial charge in [0.15, 0.2) is 0 Å².